The fourth-order valence-corrected chi connectivity index (χ4v) is 2.18. The third kappa shape index (κ3) is 5.14. The average Bonchev–Trinajstić information content (AvgIpc) is 2.53. The van der Waals surface area contributed by atoms with Gasteiger partial charge in [-0.05, 0) is 31.3 Å². The number of hydrogen-bond donors (Lipinski definition) is 2. The Kier molecular flexibility index (Phi) is 5.05. The standard InChI is InChI=1S/C11H23N3O/c1-9(2)6-14(8-11(12)15)7-10-3-4-13-5-10/h9-10,13H,3-8H2,1-2H3,(H2,12,15). The molecule has 1 aliphatic heterocycles. The predicted molar refractivity (Wildman–Crippen MR) is 61.4 cm³/mol. The Hall–Kier alpha value is -0.610. The first kappa shape index (κ1) is 12.5. The van der Waals surface area contributed by atoms with Gasteiger partial charge in [-0.1, -0.05) is 13.8 Å². The van der Waals surface area contributed by atoms with Crippen LogP contribution in [0.1, 0.15) is 20.3 Å². The number of hydrogen-bond acceptors (Lipinski definition) is 3. The molecule has 0 spiro atoms. The molecule has 1 aliphatic rings. The molecule has 88 valence electrons. The zero-order valence-electron chi connectivity index (χ0n) is 9.83. The molecule has 1 unspecified atom stereocenters. The Morgan fingerprint density at radius 1 is 1.60 bits per heavy atom. The Morgan fingerprint density at radius 2 is 2.33 bits per heavy atom. The van der Waals surface area contributed by atoms with Crippen LogP contribution in [0.5, 0.6) is 0 Å². The Balaban J connectivity index is 2.36. The summed E-state index contributed by atoms with van der Waals surface area (Å²) in [5.41, 5.74) is 5.25. The lowest BCUT2D eigenvalue weighted by atomic mass is 10.1. The molecule has 4 heteroatoms. The normalized spacial score (nSPS) is 21.5. The van der Waals surface area contributed by atoms with Gasteiger partial charge in [-0.2, -0.15) is 0 Å². The molecule has 0 aliphatic carbocycles. The lowest BCUT2D eigenvalue weighted by Gasteiger charge is -2.25. The highest BCUT2D eigenvalue weighted by molar-refractivity contribution is 5.75. The summed E-state index contributed by atoms with van der Waals surface area (Å²) >= 11 is 0. The van der Waals surface area contributed by atoms with Crippen molar-refractivity contribution >= 4 is 5.91 Å². The van der Waals surface area contributed by atoms with E-state index in [-0.39, 0.29) is 5.91 Å². The minimum Gasteiger partial charge on any atom is -0.369 e. The molecule has 1 rings (SSSR count). The zero-order chi connectivity index (χ0) is 11.3. The number of rotatable bonds is 6. The lowest BCUT2D eigenvalue weighted by molar-refractivity contribution is -0.119. The zero-order valence-corrected chi connectivity index (χ0v) is 9.83. The van der Waals surface area contributed by atoms with Crippen molar-refractivity contribution in [1.82, 2.24) is 10.2 Å². The Bertz CT molecular complexity index is 200. The van der Waals surface area contributed by atoms with Crippen molar-refractivity contribution < 1.29 is 4.79 Å². The number of carbonyl (C=O) groups excluding carboxylic acids is 1. The van der Waals surface area contributed by atoms with E-state index in [9.17, 15) is 4.79 Å². The highest BCUT2D eigenvalue weighted by Crippen LogP contribution is 2.10. The molecule has 0 radical (unpaired) electrons. The van der Waals surface area contributed by atoms with Crippen molar-refractivity contribution in [2.75, 3.05) is 32.7 Å². The maximum absolute atomic E-state index is 10.9. The third-order valence-electron chi connectivity index (χ3n) is 2.68. The van der Waals surface area contributed by atoms with Crippen LogP contribution < -0.4 is 11.1 Å². The molecular formula is C11H23N3O. The molecule has 0 aromatic carbocycles. The number of nitrogens with zero attached hydrogens (tertiary/aromatic N) is 1. The van der Waals surface area contributed by atoms with Crippen LogP contribution in [0.4, 0.5) is 0 Å². The van der Waals surface area contributed by atoms with Gasteiger partial charge in [-0.3, -0.25) is 9.69 Å². The van der Waals surface area contributed by atoms with E-state index in [0.717, 1.165) is 26.2 Å². The number of amides is 1. The molecule has 3 N–H and O–H groups in total. The van der Waals surface area contributed by atoms with Crippen molar-refractivity contribution in [3.05, 3.63) is 0 Å². The molecule has 1 atom stereocenters. The summed E-state index contributed by atoms with van der Waals surface area (Å²) in [4.78, 5) is 13.1. The summed E-state index contributed by atoms with van der Waals surface area (Å²) < 4.78 is 0. The van der Waals surface area contributed by atoms with Crippen molar-refractivity contribution in [2.45, 2.75) is 20.3 Å². The van der Waals surface area contributed by atoms with Crippen molar-refractivity contribution in [3.8, 4) is 0 Å². The van der Waals surface area contributed by atoms with Gasteiger partial charge in [0.1, 0.15) is 0 Å². The van der Waals surface area contributed by atoms with Crippen LogP contribution in [0.15, 0.2) is 0 Å². The van der Waals surface area contributed by atoms with Gasteiger partial charge in [0.15, 0.2) is 0 Å². The Labute approximate surface area is 92.2 Å². The van der Waals surface area contributed by atoms with Gasteiger partial charge in [0.25, 0.3) is 0 Å². The second-order valence-electron chi connectivity index (χ2n) is 4.91. The quantitative estimate of drug-likeness (QED) is 0.655. The van der Waals surface area contributed by atoms with E-state index in [0.29, 0.717) is 18.4 Å². The first-order valence-corrected chi connectivity index (χ1v) is 5.79. The summed E-state index contributed by atoms with van der Waals surface area (Å²) in [5.74, 6) is 1.04. The highest BCUT2D eigenvalue weighted by atomic mass is 16.1. The largest absolute Gasteiger partial charge is 0.369 e. The molecule has 0 bridgehead atoms. The van der Waals surface area contributed by atoms with Crippen LogP contribution in [0.2, 0.25) is 0 Å². The van der Waals surface area contributed by atoms with Crippen molar-refractivity contribution in [2.24, 2.45) is 17.6 Å². The van der Waals surface area contributed by atoms with Crippen LogP contribution in [0, 0.1) is 11.8 Å². The summed E-state index contributed by atoms with van der Waals surface area (Å²) in [7, 11) is 0. The third-order valence-corrected chi connectivity index (χ3v) is 2.68. The van der Waals surface area contributed by atoms with E-state index in [2.05, 4.69) is 24.1 Å². The van der Waals surface area contributed by atoms with Gasteiger partial charge in [0.2, 0.25) is 5.91 Å². The summed E-state index contributed by atoms with van der Waals surface area (Å²) in [6.07, 6.45) is 1.22. The molecule has 1 heterocycles. The molecule has 0 saturated carbocycles. The van der Waals surface area contributed by atoms with E-state index < -0.39 is 0 Å². The lowest BCUT2D eigenvalue weighted by Crippen LogP contribution is -2.39. The highest BCUT2D eigenvalue weighted by Gasteiger charge is 2.19. The van der Waals surface area contributed by atoms with Crippen LogP contribution in [0.25, 0.3) is 0 Å². The first-order chi connectivity index (χ1) is 7.08. The fourth-order valence-electron chi connectivity index (χ4n) is 2.18. The first-order valence-electron chi connectivity index (χ1n) is 5.79. The Morgan fingerprint density at radius 3 is 2.80 bits per heavy atom. The summed E-state index contributed by atoms with van der Waals surface area (Å²) in [5, 5.41) is 3.34. The van der Waals surface area contributed by atoms with E-state index >= 15 is 0 Å². The molecule has 1 fully saturated rings. The van der Waals surface area contributed by atoms with Crippen molar-refractivity contribution in [1.29, 1.82) is 0 Å². The maximum Gasteiger partial charge on any atom is 0.231 e. The molecule has 0 aromatic rings. The van der Waals surface area contributed by atoms with Gasteiger partial charge >= 0.3 is 0 Å². The van der Waals surface area contributed by atoms with Crippen LogP contribution in [-0.4, -0.2) is 43.5 Å². The topological polar surface area (TPSA) is 58.4 Å². The smallest absolute Gasteiger partial charge is 0.231 e. The van der Waals surface area contributed by atoms with Gasteiger partial charge in [-0.25, -0.2) is 0 Å². The van der Waals surface area contributed by atoms with Gasteiger partial charge < -0.3 is 11.1 Å². The predicted octanol–water partition coefficient (Wildman–Crippen LogP) is 0.0392. The molecule has 1 amide bonds. The molecular weight excluding hydrogens is 190 g/mol. The summed E-state index contributed by atoms with van der Waals surface area (Å²) in [6, 6.07) is 0. The molecule has 15 heavy (non-hydrogen) atoms. The number of nitrogens with one attached hydrogen (secondary N) is 1. The minimum atomic E-state index is -0.221. The van der Waals surface area contributed by atoms with E-state index in [1.54, 1.807) is 0 Å². The summed E-state index contributed by atoms with van der Waals surface area (Å²) in [6.45, 7) is 8.87. The van der Waals surface area contributed by atoms with Gasteiger partial charge in [0.05, 0.1) is 6.54 Å². The number of nitrogens with two attached hydrogens (primary N) is 1. The second kappa shape index (κ2) is 6.08. The monoisotopic (exact) mass is 213 g/mol. The van der Waals surface area contributed by atoms with Crippen LogP contribution in [0.3, 0.4) is 0 Å². The molecule has 0 aromatic heterocycles. The average molecular weight is 213 g/mol. The SMILES string of the molecule is CC(C)CN(CC(N)=O)CC1CCNC1. The van der Waals surface area contributed by atoms with E-state index in [1.165, 1.54) is 6.42 Å². The van der Waals surface area contributed by atoms with Gasteiger partial charge in [-0.15, -0.1) is 0 Å². The van der Waals surface area contributed by atoms with Crippen molar-refractivity contribution in [3.63, 3.8) is 0 Å². The molecule has 4 nitrogen and oxygen atoms in total. The van der Waals surface area contributed by atoms with E-state index in [4.69, 9.17) is 5.73 Å². The molecule has 1 saturated heterocycles. The minimum absolute atomic E-state index is 0.221. The number of primary amides is 1. The van der Waals surface area contributed by atoms with E-state index in [1.807, 2.05) is 0 Å². The van der Waals surface area contributed by atoms with Crippen LogP contribution in [-0.2, 0) is 4.79 Å². The maximum atomic E-state index is 10.9. The fraction of sp³-hybridized carbons (Fsp3) is 0.909. The van der Waals surface area contributed by atoms with Gasteiger partial charge in [0, 0.05) is 13.1 Å². The van der Waals surface area contributed by atoms with Crippen LogP contribution >= 0.6 is 0 Å². The number of carbonyl (C=O) groups is 1. The second-order valence-corrected chi connectivity index (χ2v) is 4.91.